The van der Waals surface area contributed by atoms with E-state index < -0.39 is 20.6 Å². The Kier molecular flexibility index (Phi) is 5.78. The molecule has 0 aliphatic rings. The summed E-state index contributed by atoms with van der Waals surface area (Å²) < 4.78 is 26.8. The van der Waals surface area contributed by atoms with Crippen molar-refractivity contribution in [3.63, 3.8) is 0 Å². The van der Waals surface area contributed by atoms with Crippen molar-refractivity contribution in [1.82, 2.24) is 4.72 Å². The SMILES string of the molecule is CSCCC(C)NS(=O)(=O)c1ccc(N)cc1[N+](=O)[O-]. The van der Waals surface area contributed by atoms with Crippen LogP contribution in [0.2, 0.25) is 0 Å². The first-order valence-corrected chi connectivity index (χ1v) is 8.71. The highest BCUT2D eigenvalue weighted by atomic mass is 32.2. The summed E-state index contributed by atoms with van der Waals surface area (Å²) in [6, 6.07) is 3.22. The van der Waals surface area contributed by atoms with Crippen molar-refractivity contribution < 1.29 is 13.3 Å². The van der Waals surface area contributed by atoms with Crippen molar-refractivity contribution in [2.45, 2.75) is 24.3 Å². The van der Waals surface area contributed by atoms with Crippen molar-refractivity contribution in [1.29, 1.82) is 0 Å². The van der Waals surface area contributed by atoms with Crippen LogP contribution in [-0.4, -0.2) is 31.4 Å². The number of nitrogen functional groups attached to an aromatic ring is 1. The third-order valence-corrected chi connectivity index (χ3v) is 4.86. The molecule has 0 spiro atoms. The average Bonchev–Trinajstić information content (AvgIpc) is 2.35. The fraction of sp³-hybridized carbons (Fsp3) is 0.455. The van der Waals surface area contributed by atoms with Crippen molar-refractivity contribution in [3.8, 4) is 0 Å². The third-order valence-electron chi connectivity index (χ3n) is 2.58. The summed E-state index contributed by atoms with van der Waals surface area (Å²) in [5.41, 5.74) is 5.08. The van der Waals surface area contributed by atoms with Crippen molar-refractivity contribution in [2.75, 3.05) is 17.7 Å². The van der Waals surface area contributed by atoms with Crippen molar-refractivity contribution >= 4 is 33.2 Å². The maximum absolute atomic E-state index is 12.2. The first kappa shape index (κ1) is 16.7. The summed E-state index contributed by atoms with van der Waals surface area (Å²) >= 11 is 1.60. The zero-order valence-electron chi connectivity index (χ0n) is 11.2. The van der Waals surface area contributed by atoms with Gasteiger partial charge >= 0.3 is 0 Å². The highest BCUT2D eigenvalue weighted by molar-refractivity contribution is 7.98. The summed E-state index contributed by atoms with van der Waals surface area (Å²) in [6.07, 6.45) is 2.56. The van der Waals surface area contributed by atoms with Crippen LogP contribution in [0.15, 0.2) is 23.1 Å². The molecule has 0 bridgehead atoms. The second-order valence-corrected chi connectivity index (χ2v) is 6.96. The Labute approximate surface area is 122 Å². The quantitative estimate of drug-likeness (QED) is 0.448. The molecule has 3 N–H and O–H groups in total. The largest absolute Gasteiger partial charge is 0.399 e. The maximum atomic E-state index is 12.2. The smallest absolute Gasteiger partial charge is 0.291 e. The number of nitrogens with two attached hydrogens (primary N) is 1. The van der Waals surface area contributed by atoms with E-state index in [1.807, 2.05) is 6.26 Å². The van der Waals surface area contributed by atoms with Crippen LogP contribution in [0.4, 0.5) is 11.4 Å². The highest BCUT2D eigenvalue weighted by Crippen LogP contribution is 2.26. The van der Waals surface area contributed by atoms with Gasteiger partial charge < -0.3 is 5.73 Å². The predicted octanol–water partition coefficient (Wildman–Crippen LogP) is 1.60. The normalized spacial score (nSPS) is 13.1. The number of nitro groups is 1. The number of rotatable bonds is 7. The van der Waals surface area contributed by atoms with Crippen LogP contribution in [0.3, 0.4) is 0 Å². The van der Waals surface area contributed by atoms with Gasteiger partial charge in [0.05, 0.1) is 4.92 Å². The average molecular weight is 319 g/mol. The molecule has 0 saturated carbocycles. The summed E-state index contributed by atoms with van der Waals surface area (Å²) in [5.74, 6) is 0.799. The highest BCUT2D eigenvalue weighted by Gasteiger charge is 2.27. The second kappa shape index (κ2) is 6.91. The summed E-state index contributed by atoms with van der Waals surface area (Å²) in [6.45, 7) is 1.72. The van der Waals surface area contributed by atoms with Gasteiger partial charge in [0.25, 0.3) is 5.69 Å². The fourth-order valence-electron chi connectivity index (χ4n) is 1.59. The van der Waals surface area contributed by atoms with E-state index in [1.54, 1.807) is 18.7 Å². The molecule has 0 heterocycles. The van der Waals surface area contributed by atoms with Crippen LogP contribution in [0.1, 0.15) is 13.3 Å². The molecule has 1 aromatic rings. The van der Waals surface area contributed by atoms with E-state index in [2.05, 4.69) is 4.72 Å². The molecule has 0 saturated heterocycles. The number of sulfonamides is 1. The molecule has 7 nitrogen and oxygen atoms in total. The van der Waals surface area contributed by atoms with Gasteiger partial charge in [0.2, 0.25) is 10.0 Å². The van der Waals surface area contributed by atoms with E-state index in [4.69, 9.17) is 5.73 Å². The van der Waals surface area contributed by atoms with E-state index in [-0.39, 0.29) is 16.6 Å². The minimum Gasteiger partial charge on any atom is -0.399 e. The molecule has 0 amide bonds. The van der Waals surface area contributed by atoms with Gasteiger partial charge in [-0.2, -0.15) is 11.8 Å². The number of hydrogen-bond acceptors (Lipinski definition) is 6. The van der Waals surface area contributed by atoms with Crippen molar-refractivity contribution in [3.05, 3.63) is 28.3 Å². The minimum atomic E-state index is -3.94. The molecule has 112 valence electrons. The van der Waals surface area contributed by atoms with Gasteiger partial charge in [0, 0.05) is 17.8 Å². The van der Waals surface area contributed by atoms with E-state index in [0.29, 0.717) is 6.42 Å². The topological polar surface area (TPSA) is 115 Å². The zero-order valence-corrected chi connectivity index (χ0v) is 12.8. The Bertz CT molecular complexity index is 589. The molecule has 1 rings (SSSR count). The van der Waals surface area contributed by atoms with E-state index >= 15 is 0 Å². The Hall–Kier alpha value is -1.32. The Morgan fingerprint density at radius 2 is 2.15 bits per heavy atom. The lowest BCUT2D eigenvalue weighted by atomic mass is 10.3. The molecule has 0 radical (unpaired) electrons. The van der Waals surface area contributed by atoms with Gasteiger partial charge in [-0.1, -0.05) is 0 Å². The molecular formula is C11H17N3O4S2. The van der Waals surface area contributed by atoms with Gasteiger partial charge in [-0.15, -0.1) is 0 Å². The number of thioether (sulfide) groups is 1. The van der Waals surface area contributed by atoms with Crippen LogP contribution >= 0.6 is 11.8 Å². The van der Waals surface area contributed by atoms with Crippen LogP contribution < -0.4 is 10.5 Å². The molecular weight excluding hydrogens is 302 g/mol. The molecule has 1 aromatic carbocycles. The van der Waals surface area contributed by atoms with E-state index in [9.17, 15) is 18.5 Å². The maximum Gasteiger partial charge on any atom is 0.291 e. The van der Waals surface area contributed by atoms with Crippen LogP contribution in [0.5, 0.6) is 0 Å². The van der Waals surface area contributed by atoms with Crippen molar-refractivity contribution in [2.24, 2.45) is 0 Å². The number of benzene rings is 1. The van der Waals surface area contributed by atoms with Gasteiger partial charge in [-0.3, -0.25) is 10.1 Å². The first-order chi connectivity index (χ1) is 9.27. The second-order valence-electron chi connectivity index (χ2n) is 4.29. The van der Waals surface area contributed by atoms with Gasteiger partial charge in [0.15, 0.2) is 4.90 Å². The molecule has 20 heavy (non-hydrogen) atoms. The number of nitrogens with one attached hydrogen (secondary N) is 1. The standard InChI is InChI=1S/C11H17N3O4S2/c1-8(5-6-19-2)13-20(17,18)11-4-3-9(12)7-10(11)14(15)16/h3-4,7-8,13H,5-6,12H2,1-2H3. The molecule has 1 atom stereocenters. The number of nitrogens with zero attached hydrogens (tertiary/aromatic N) is 1. The molecule has 0 aromatic heterocycles. The minimum absolute atomic E-state index is 0.145. The Balaban J connectivity index is 3.06. The monoisotopic (exact) mass is 319 g/mol. The predicted molar refractivity (Wildman–Crippen MR) is 80.3 cm³/mol. The number of hydrogen-bond donors (Lipinski definition) is 2. The molecule has 1 unspecified atom stereocenters. The van der Waals surface area contributed by atoms with E-state index in [0.717, 1.165) is 17.9 Å². The molecule has 0 fully saturated rings. The van der Waals surface area contributed by atoms with Crippen LogP contribution in [-0.2, 0) is 10.0 Å². The summed E-state index contributed by atoms with van der Waals surface area (Å²) in [5, 5.41) is 10.9. The zero-order chi connectivity index (χ0) is 15.3. The first-order valence-electron chi connectivity index (χ1n) is 5.83. The van der Waals surface area contributed by atoms with Gasteiger partial charge in [0.1, 0.15) is 0 Å². The summed E-state index contributed by atoms with van der Waals surface area (Å²) in [7, 11) is -3.94. The Morgan fingerprint density at radius 3 is 2.70 bits per heavy atom. The molecule has 0 aliphatic carbocycles. The Morgan fingerprint density at radius 1 is 1.50 bits per heavy atom. The van der Waals surface area contributed by atoms with Crippen LogP contribution in [0, 0.1) is 10.1 Å². The number of nitro benzene ring substituents is 1. The lowest BCUT2D eigenvalue weighted by Crippen LogP contribution is -2.33. The molecule has 0 aliphatic heterocycles. The summed E-state index contributed by atoms with van der Waals surface area (Å²) in [4.78, 5) is 9.81. The van der Waals surface area contributed by atoms with Crippen LogP contribution in [0.25, 0.3) is 0 Å². The molecule has 9 heteroatoms. The third kappa shape index (κ3) is 4.36. The number of anilines is 1. The fourth-order valence-corrected chi connectivity index (χ4v) is 3.61. The van der Waals surface area contributed by atoms with Gasteiger partial charge in [-0.25, -0.2) is 13.1 Å². The lowest BCUT2D eigenvalue weighted by Gasteiger charge is -2.13. The van der Waals surface area contributed by atoms with Gasteiger partial charge in [-0.05, 0) is 37.5 Å². The van der Waals surface area contributed by atoms with E-state index in [1.165, 1.54) is 6.07 Å². The lowest BCUT2D eigenvalue weighted by molar-refractivity contribution is -0.387.